The van der Waals surface area contributed by atoms with Gasteiger partial charge in [-0.2, -0.15) is 0 Å². The van der Waals surface area contributed by atoms with E-state index >= 15 is 0 Å². The highest BCUT2D eigenvalue weighted by Crippen LogP contribution is 2.15. The number of hydrogen-bond acceptors (Lipinski definition) is 2. The van der Waals surface area contributed by atoms with Gasteiger partial charge in [0.2, 0.25) is 0 Å². The molecule has 0 rings (SSSR count). The lowest BCUT2D eigenvalue weighted by molar-refractivity contribution is -0.138. The van der Waals surface area contributed by atoms with Crippen molar-refractivity contribution in [2.45, 2.75) is 180 Å². The minimum atomic E-state index is -0.668. The van der Waals surface area contributed by atoms with Crippen molar-refractivity contribution in [1.82, 2.24) is 0 Å². The zero-order valence-electron chi connectivity index (χ0n) is 23.7. The molecule has 0 spiro atoms. The Labute approximate surface area is 223 Å². The molecule has 212 valence electrons. The van der Waals surface area contributed by atoms with E-state index < -0.39 is 11.9 Å². The van der Waals surface area contributed by atoms with E-state index in [0.717, 1.165) is 25.7 Å². The molecule has 4 heteroatoms. The van der Waals surface area contributed by atoms with Gasteiger partial charge < -0.3 is 10.2 Å². The zero-order chi connectivity index (χ0) is 26.4. The van der Waals surface area contributed by atoms with Crippen molar-refractivity contribution in [2.24, 2.45) is 0 Å². The molecule has 36 heavy (non-hydrogen) atoms. The Morgan fingerprint density at radius 1 is 0.333 bits per heavy atom. The van der Waals surface area contributed by atoms with Gasteiger partial charge in [-0.3, -0.25) is 9.59 Å². The quantitative estimate of drug-likeness (QED) is 0.0747. The van der Waals surface area contributed by atoms with Crippen LogP contribution in [0, 0.1) is 0 Å². The second-order valence-electron chi connectivity index (χ2n) is 10.8. The highest BCUT2D eigenvalue weighted by atomic mass is 16.4. The summed E-state index contributed by atoms with van der Waals surface area (Å²) in [7, 11) is 0. The largest absolute Gasteiger partial charge is 0.481 e. The Bertz CT molecular complexity index is 500. The van der Waals surface area contributed by atoms with Gasteiger partial charge in [0.25, 0.3) is 0 Å². The molecule has 0 fully saturated rings. The molecule has 0 radical (unpaired) electrons. The average Bonchev–Trinajstić information content (AvgIpc) is 2.85. The summed E-state index contributed by atoms with van der Waals surface area (Å²) >= 11 is 0. The number of aliphatic carboxylic acids is 2. The number of carbonyl (C=O) groups is 2. The third-order valence-electron chi connectivity index (χ3n) is 7.19. The average molecular weight is 509 g/mol. The molecular formula is C32H60O4. The molecular weight excluding hydrogens is 448 g/mol. The number of hydrogen-bond donors (Lipinski definition) is 2. The predicted molar refractivity (Wildman–Crippen MR) is 154 cm³/mol. The van der Waals surface area contributed by atoms with Crippen molar-refractivity contribution in [3.8, 4) is 0 Å². The molecule has 0 bridgehead atoms. The maximum Gasteiger partial charge on any atom is 0.303 e. The van der Waals surface area contributed by atoms with Gasteiger partial charge >= 0.3 is 11.9 Å². The van der Waals surface area contributed by atoms with Gasteiger partial charge in [0.05, 0.1) is 0 Å². The highest BCUT2D eigenvalue weighted by molar-refractivity contribution is 5.66. The molecule has 2 N–H and O–H groups in total. The van der Waals surface area contributed by atoms with Crippen LogP contribution in [0.2, 0.25) is 0 Å². The van der Waals surface area contributed by atoms with E-state index in [1.54, 1.807) is 0 Å². The molecule has 0 aliphatic carbocycles. The van der Waals surface area contributed by atoms with Crippen molar-refractivity contribution < 1.29 is 19.8 Å². The lowest BCUT2D eigenvalue weighted by atomic mass is 10.0. The highest BCUT2D eigenvalue weighted by Gasteiger charge is 1.98. The number of allylic oxidation sites excluding steroid dienone is 2. The molecule has 0 aromatic heterocycles. The number of carboxylic acids is 2. The van der Waals surface area contributed by atoms with E-state index in [1.807, 2.05) is 0 Å². The lowest BCUT2D eigenvalue weighted by Crippen LogP contribution is -1.93. The van der Waals surface area contributed by atoms with Crippen LogP contribution in [0.15, 0.2) is 12.2 Å². The molecule has 0 atom stereocenters. The van der Waals surface area contributed by atoms with Crippen LogP contribution in [0.25, 0.3) is 0 Å². The van der Waals surface area contributed by atoms with Crippen LogP contribution in [-0.2, 0) is 9.59 Å². The van der Waals surface area contributed by atoms with Crippen LogP contribution in [-0.4, -0.2) is 22.2 Å². The molecule has 0 aromatic carbocycles. The third kappa shape index (κ3) is 32.7. The van der Waals surface area contributed by atoms with Crippen molar-refractivity contribution in [1.29, 1.82) is 0 Å². The smallest absolute Gasteiger partial charge is 0.303 e. The summed E-state index contributed by atoms with van der Waals surface area (Å²) in [5, 5.41) is 17.2. The first-order chi connectivity index (χ1) is 17.6. The molecule has 0 amide bonds. The second kappa shape index (κ2) is 29.9. The van der Waals surface area contributed by atoms with Crippen molar-refractivity contribution >= 4 is 11.9 Å². The molecule has 0 saturated carbocycles. The predicted octanol–water partition coefficient (Wildman–Crippen LogP) is 10.6. The summed E-state index contributed by atoms with van der Waals surface area (Å²) in [6.45, 7) is 0. The standard InChI is InChI=1S/C32H60O4/c33-31(34)29-27-25-23-21-19-17-15-13-11-9-7-5-3-1-2-4-6-8-10-12-14-16-18-20-22-24-26-28-30-32(35)36/h13,15H,1-12,14,16-30H2,(H,33,34)(H,35,36). The molecule has 0 saturated heterocycles. The maximum atomic E-state index is 10.5. The van der Waals surface area contributed by atoms with E-state index in [2.05, 4.69) is 12.2 Å². The van der Waals surface area contributed by atoms with Crippen molar-refractivity contribution in [3.05, 3.63) is 12.2 Å². The van der Waals surface area contributed by atoms with Crippen molar-refractivity contribution in [2.75, 3.05) is 0 Å². The van der Waals surface area contributed by atoms with Gasteiger partial charge in [-0.05, 0) is 38.5 Å². The van der Waals surface area contributed by atoms with Crippen molar-refractivity contribution in [3.63, 3.8) is 0 Å². The van der Waals surface area contributed by atoms with Gasteiger partial charge in [-0.1, -0.05) is 141 Å². The molecule has 0 aliphatic heterocycles. The van der Waals surface area contributed by atoms with Crippen LogP contribution >= 0.6 is 0 Å². The fraction of sp³-hybridized carbons (Fsp3) is 0.875. The first-order valence-electron chi connectivity index (χ1n) is 15.7. The summed E-state index contributed by atoms with van der Waals surface area (Å²) in [6.07, 6.45) is 38.5. The van der Waals surface area contributed by atoms with E-state index in [9.17, 15) is 9.59 Å². The Morgan fingerprint density at radius 3 is 0.750 bits per heavy atom. The number of carboxylic acid groups (broad SMARTS) is 2. The Morgan fingerprint density at radius 2 is 0.528 bits per heavy atom. The first kappa shape index (κ1) is 34.7. The summed E-state index contributed by atoms with van der Waals surface area (Å²) in [6, 6.07) is 0. The lowest BCUT2D eigenvalue weighted by Gasteiger charge is -2.04. The van der Waals surface area contributed by atoms with Gasteiger partial charge in [0.1, 0.15) is 0 Å². The van der Waals surface area contributed by atoms with Crippen LogP contribution in [0.1, 0.15) is 180 Å². The summed E-state index contributed by atoms with van der Waals surface area (Å²) in [5.41, 5.74) is 0. The fourth-order valence-corrected chi connectivity index (χ4v) is 4.85. The summed E-state index contributed by atoms with van der Waals surface area (Å²) in [5.74, 6) is -1.33. The Hall–Kier alpha value is -1.32. The molecule has 0 heterocycles. The monoisotopic (exact) mass is 508 g/mol. The minimum absolute atomic E-state index is 0.323. The normalized spacial score (nSPS) is 11.4. The summed E-state index contributed by atoms with van der Waals surface area (Å²) < 4.78 is 0. The Balaban J connectivity index is 3.09. The van der Waals surface area contributed by atoms with Gasteiger partial charge in [0.15, 0.2) is 0 Å². The van der Waals surface area contributed by atoms with Crippen LogP contribution in [0.3, 0.4) is 0 Å². The molecule has 0 aromatic rings. The number of unbranched alkanes of at least 4 members (excludes halogenated alkanes) is 24. The van der Waals surface area contributed by atoms with E-state index in [1.165, 1.54) is 141 Å². The van der Waals surface area contributed by atoms with Crippen LogP contribution in [0.5, 0.6) is 0 Å². The minimum Gasteiger partial charge on any atom is -0.481 e. The molecule has 4 nitrogen and oxygen atoms in total. The van der Waals surface area contributed by atoms with E-state index in [4.69, 9.17) is 10.2 Å². The van der Waals surface area contributed by atoms with Crippen LogP contribution < -0.4 is 0 Å². The second-order valence-corrected chi connectivity index (χ2v) is 10.8. The van der Waals surface area contributed by atoms with Crippen LogP contribution in [0.4, 0.5) is 0 Å². The SMILES string of the molecule is O=C(O)CCCCCCCC=CCCCCCCCCCCCCCCCCCCCCCC(=O)O. The van der Waals surface area contributed by atoms with Gasteiger partial charge in [0, 0.05) is 12.8 Å². The molecule has 0 unspecified atom stereocenters. The van der Waals surface area contributed by atoms with Gasteiger partial charge in [-0.15, -0.1) is 0 Å². The topological polar surface area (TPSA) is 74.6 Å². The Kier molecular flexibility index (Phi) is 28.8. The zero-order valence-corrected chi connectivity index (χ0v) is 23.7. The summed E-state index contributed by atoms with van der Waals surface area (Å²) in [4.78, 5) is 20.9. The van der Waals surface area contributed by atoms with E-state index in [0.29, 0.717) is 12.8 Å². The maximum absolute atomic E-state index is 10.5. The number of rotatable bonds is 30. The third-order valence-corrected chi connectivity index (χ3v) is 7.19. The fourth-order valence-electron chi connectivity index (χ4n) is 4.85. The first-order valence-corrected chi connectivity index (χ1v) is 15.7. The van der Waals surface area contributed by atoms with E-state index in [-0.39, 0.29) is 0 Å². The molecule has 0 aliphatic rings. The van der Waals surface area contributed by atoms with Gasteiger partial charge in [-0.25, -0.2) is 0 Å².